The summed E-state index contributed by atoms with van der Waals surface area (Å²) in [5.74, 6) is 0. The van der Waals surface area contributed by atoms with Gasteiger partial charge in [0.1, 0.15) is 0 Å². The monoisotopic (exact) mass is 233 g/mol. The quantitative estimate of drug-likeness (QED) is 0.711. The Morgan fingerprint density at radius 2 is 1.65 bits per heavy atom. The Morgan fingerprint density at radius 3 is 2.24 bits per heavy atom. The topological polar surface area (TPSA) is 26.0 Å². The normalized spacial score (nSPS) is 14.5. The maximum atomic E-state index is 6.45. The van der Waals surface area contributed by atoms with Crippen LogP contribution in [-0.4, -0.2) is 5.54 Å². The van der Waals surface area contributed by atoms with Gasteiger partial charge in [-0.1, -0.05) is 57.0 Å². The van der Waals surface area contributed by atoms with Crippen LogP contribution in [0.3, 0.4) is 0 Å². The van der Waals surface area contributed by atoms with Crippen molar-refractivity contribution in [2.24, 2.45) is 5.73 Å². The van der Waals surface area contributed by atoms with Gasteiger partial charge in [0.15, 0.2) is 0 Å². The molecule has 17 heavy (non-hydrogen) atoms. The summed E-state index contributed by atoms with van der Waals surface area (Å²) >= 11 is 0. The van der Waals surface area contributed by atoms with Crippen molar-refractivity contribution >= 4 is 0 Å². The van der Waals surface area contributed by atoms with Crippen LogP contribution < -0.4 is 5.73 Å². The predicted octanol–water partition coefficient (Wildman–Crippen LogP) is 4.31. The number of benzene rings is 1. The summed E-state index contributed by atoms with van der Waals surface area (Å²) in [4.78, 5) is 0. The van der Waals surface area contributed by atoms with E-state index >= 15 is 0 Å². The highest BCUT2D eigenvalue weighted by Crippen LogP contribution is 2.22. The second-order valence-corrected chi connectivity index (χ2v) is 5.16. The fourth-order valence-electron chi connectivity index (χ4n) is 2.30. The van der Waals surface area contributed by atoms with Crippen molar-refractivity contribution < 1.29 is 0 Å². The van der Waals surface area contributed by atoms with Crippen LogP contribution in [-0.2, 0) is 6.42 Å². The highest BCUT2D eigenvalue weighted by Gasteiger charge is 2.20. The summed E-state index contributed by atoms with van der Waals surface area (Å²) in [6.07, 6.45) is 8.30. The number of unbranched alkanes of at least 4 members (excludes halogenated alkanes) is 1. The molecule has 0 saturated heterocycles. The van der Waals surface area contributed by atoms with Gasteiger partial charge in [-0.2, -0.15) is 0 Å². The molecular formula is C16H27N. The van der Waals surface area contributed by atoms with Crippen LogP contribution >= 0.6 is 0 Å². The summed E-state index contributed by atoms with van der Waals surface area (Å²) in [6.45, 7) is 4.46. The van der Waals surface area contributed by atoms with E-state index in [0.717, 1.165) is 19.3 Å². The Kier molecular flexibility index (Phi) is 6.28. The van der Waals surface area contributed by atoms with E-state index in [1.807, 2.05) is 0 Å². The molecule has 1 unspecified atom stereocenters. The Balaban J connectivity index is 2.32. The lowest BCUT2D eigenvalue weighted by molar-refractivity contribution is 0.334. The maximum Gasteiger partial charge on any atom is 0.0151 e. The van der Waals surface area contributed by atoms with Gasteiger partial charge in [-0.25, -0.2) is 0 Å². The standard InChI is InChI=1S/C16H27N/c1-3-5-13-16(17,4-2)14-9-12-15-10-7-6-8-11-15/h6-8,10-11H,3-5,9,12-14,17H2,1-2H3. The Bertz CT molecular complexity index is 294. The first kappa shape index (κ1) is 14.2. The average Bonchev–Trinajstić information content (AvgIpc) is 2.38. The van der Waals surface area contributed by atoms with Gasteiger partial charge in [0.05, 0.1) is 0 Å². The molecule has 0 fully saturated rings. The molecule has 0 aromatic heterocycles. The minimum atomic E-state index is 0.0742. The molecule has 0 bridgehead atoms. The molecule has 0 amide bonds. The number of hydrogen-bond donors (Lipinski definition) is 1. The lowest BCUT2D eigenvalue weighted by atomic mass is 9.85. The maximum absolute atomic E-state index is 6.45. The molecule has 0 radical (unpaired) electrons. The third-order valence-corrected chi connectivity index (χ3v) is 3.72. The average molecular weight is 233 g/mol. The van der Waals surface area contributed by atoms with E-state index in [-0.39, 0.29) is 5.54 Å². The van der Waals surface area contributed by atoms with Gasteiger partial charge >= 0.3 is 0 Å². The summed E-state index contributed by atoms with van der Waals surface area (Å²) < 4.78 is 0. The number of hydrogen-bond acceptors (Lipinski definition) is 1. The predicted molar refractivity (Wildman–Crippen MR) is 76.1 cm³/mol. The van der Waals surface area contributed by atoms with Crippen molar-refractivity contribution in [1.82, 2.24) is 0 Å². The van der Waals surface area contributed by atoms with E-state index in [1.165, 1.54) is 31.2 Å². The first-order chi connectivity index (χ1) is 8.20. The molecule has 1 nitrogen and oxygen atoms in total. The molecule has 0 aliphatic rings. The van der Waals surface area contributed by atoms with Crippen LogP contribution in [0.15, 0.2) is 30.3 Å². The van der Waals surface area contributed by atoms with Crippen molar-refractivity contribution in [2.45, 2.75) is 64.3 Å². The van der Waals surface area contributed by atoms with E-state index in [0.29, 0.717) is 0 Å². The Labute approximate surface area is 106 Å². The molecule has 1 aromatic rings. The smallest absolute Gasteiger partial charge is 0.0151 e. The van der Waals surface area contributed by atoms with Gasteiger partial charge in [0, 0.05) is 5.54 Å². The summed E-state index contributed by atoms with van der Waals surface area (Å²) in [7, 11) is 0. The molecule has 96 valence electrons. The van der Waals surface area contributed by atoms with E-state index in [9.17, 15) is 0 Å². The van der Waals surface area contributed by atoms with E-state index in [1.54, 1.807) is 0 Å². The molecule has 0 heterocycles. The first-order valence-corrected chi connectivity index (χ1v) is 7.03. The molecule has 0 aliphatic heterocycles. The van der Waals surface area contributed by atoms with Crippen molar-refractivity contribution in [3.8, 4) is 0 Å². The van der Waals surface area contributed by atoms with Crippen molar-refractivity contribution in [2.75, 3.05) is 0 Å². The molecule has 2 N–H and O–H groups in total. The highest BCUT2D eigenvalue weighted by molar-refractivity contribution is 5.14. The van der Waals surface area contributed by atoms with E-state index in [4.69, 9.17) is 5.73 Å². The largest absolute Gasteiger partial charge is 0.325 e. The van der Waals surface area contributed by atoms with Crippen molar-refractivity contribution in [1.29, 1.82) is 0 Å². The van der Waals surface area contributed by atoms with Gasteiger partial charge < -0.3 is 5.73 Å². The van der Waals surface area contributed by atoms with Gasteiger partial charge in [-0.05, 0) is 37.7 Å². The Morgan fingerprint density at radius 1 is 1.00 bits per heavy atom. The van der Waals surface area contributed by atoms with Crippen LogP contribution in [0.4, 0.5) is 0 Å². The van der Waals surface area contributed by atoms with Crippen molar-refractivity contribution in [3.05, 3.63) is 35.9 Å². The molecule has 0 spiro atoms. The van der Waals surface area contributed by atoms with Gasteiger partial charge in [-0.3, -0.25) is 0 Å². The van der Waals surface area contributed by atoms with E-state index in [2.05, 4.69) is 44.2 Å². The van der Waals surface area contributed by atoms with Crippen LogP contribution in [0.5, 0.6) is 0 Å². The number of rotatable bonds is 8. The first-order valence-electron chi connectivity index (χ1n) is 7.03. The molecule has 1 rings (SSSR count). The third-order valence-electron chi connectivity index (χ3n) is 3.72. The minimum Gasteiger partial charge on any atom is -0.325 e. The van der Waals surface area contributed by atoms with Crippen molar-refractivity contribution in [3.63, 3.8) is 0 Å². The lowest BCUT2D eigenvalue weighted by Crippen LogP contribution is -2.39. The van der Waals surface area contributed by atoms with Crippen LogP contribution in [0.2, 0.25) is 0 Å². The second kappa shape index (κ2) is 7.50. The molecule has 1 aromatic carbocycles. The second-order valence-electron chi connectivity index (χ2n) is 5.16. The summed E-state index contributed by atoms with van der Waals surface area (Å²) in [6, 6.07) is 10.7. The van der Waals surface area contributed by atoms with Gasteiger partial charge in [-0.15, -0.1) is 0 Å². The molecule has 1 heteroatoms. The molecule has 0 saturated carbocycles. The molecule has 0 aliphatic carbocycles. The molecular weight excluding hydrogens is 206 g/mol. The fourth-order valence-corrected chi connectivity index (χ4v) is 2.30. The van der Waals surface area contributed by atoms with E-state index < -0.39 is 0 Å². The molecule has 1 atom stereocenters. The number of nitrogens with two attached hydrogens (primary N) is 1. The summed E-state index contributed by atoms with van der Waals surface area (Å²) in [5, 5.41) is 0. The minimum absolute atomic E-state index is 0.0742. The fraction of sp³-hybridized carbons (Fsp3) is 0.625. The van der Waals surface area contributed by atoms with Crippen LogP contribution in [0.25, 0.3) is 0 Å². The van der Waals surface area contributed by atoms with Crippen LogP contribution in [0, 0.1) is 0 Å². The summed E-state index contributed by atoms with van der Waals surface area (Å²) in [5.41, 5.74) is 7.95. The number of aryl methyl sites for hydroxylation is 1. The SMILES string of the molecule is CCCCC(N)(CC)CCCc1ccccc1. The highest BCUT2D eigenvalue weighted by atomic mass is 14.7. The Hall–Kier alpha value is -0.820. The zero-order valence-corrected chi connectivity index (χ0v) is 11.4. The van der Waals surface area contributed by atoms with Gasteiger partial charge in [0.2, 0.25) is 0 Å². The van der Waals surface area contributed by atoms with Crippen LogP contribution in [0.1, 0.15) is 57.9 Å². The third kappa shape index (κ3) is 5.36. The zero-order valence-electron chi connectivity index (χ0n) is 11.4. The zero-order chi connectivity index (χ0) is 12.6. The lowest BCUT2D eigenvalue weighted by Gasteiger charge is -2.28. The van der Waals surface area contributed by atoms with Gasteiger partial charge in [0.25, 0.3) is 0 Å².